The lowest BCUT2D eigenvalue weighted by Crippen LogP contribution is -2.63. The number of benzene rings is 1. The number of fused-ring (bicyclic) bond motifs is 7. The van der Waals surface area contributed by atoms with E-state index in [1.165, 1.54) is 12.1 Å². The fourth-order valence-electron chi connectivity index (χ4n) is 11.8. The third-order valence-electron chi connectivity index (χ3n) is 14.8. The number of ketones is 2. The minimum atomic E-state index is -1.62. The monoisotopic (exact) mass is 957 g/mol. The Labute approximate surface area is 381 Å². The van der Waals surface area contributed by atoms with Crippen molar-refractivity contribution in [2.75, 3.05) is 25.1 Å². The second-order valence-corrected chi connectivity index (χ2v) is 19.8. The van der Waals surface area contributed by atoms with Gasteiger partial charge in [-0.25, -0.2) is 4.39 Å². The molecule has 17 heteroatoms. The van der Waals surface area contributed by atoms with E-state index in [0.29, 0.717) is 38.5 Å². The van der Waals surface area contributed by atoms with Crippen LogP contribution in [0.2, 0.25) is 0 Å². The molecule has 0 spiro atoms. The zero-order valence-corrected chi connectivity index (χ0v) is 38.5. The van der Waals surface area contributed by atoms with E-state index in [2.05, 4.69) is 38.8 Å². The lowest BCUT2D eigenvalue weighted by Gasteiger charge is -2.59. The van der Waals surface area contributed by atoms with Crippen molar-refractivity contribution in [3.63, 3.8) is 0 Å². The Hall–Kier alpha value is -4.03. The van der Waals surface area contributed by atoms with Crippen LogP contribution < -0.4 is 20.7 Å². The van der Waals surface area contributed by atoms with Crippen LogP contribution in [0.25, 0.3) is 0 Å². The molecule has 3 amide bonds. The van der Waals surface area contributed by atoms with Gasteiger partial charge in [-0.2, -0.15) is 0 Å². The zero-order chi connectivity index (χ0) is 46.1. The summed E-state index contributed by atoms with van der Waals surface area (Å²) in [6.45, 7) is 6.90. The number of hydrogen-bond acceptors (Lipinski definition) is 12. The average molecular weight is 959 g/mol. The minimum absolute atomic E-state index is 0.00213. The first kappa shape index (κ1) is 47.9. The highest BCUT2D eigenvalue weighted by Gasteiger charge is 2.76. The fraction of sp³-hybridized carbons (Fsp3) is 0.660. The number of amides is 3. The van der Waals surface area contributed by atoms with Gasteiger partial charge in [0.1, 0.15) is 24.2 Å². The third kappa shape index (κ3) is 9.33. The highest BCUT2D eigenvalue weighted by Crippen LogP contribution is 2.70. The van der Waals surface area contributed by atoms with Crippen LogP contribution >= 0.6 is 15.9 Å². The standard InChI is InChI=1S/C47H61BrFN3O12/c1-25(2)24-61-41(59)14-13-35(52-40(58)22-50-39(57)21-48)43(60)51-27-6-8-29(9-7-27)62-30-10-12-32(34(49)18-30)44-63-38-19-33-31-11-5-26-17-28(54)15-16-45(26,3)42(31)36(55)20-46(33,4)47(38,64-44)37(56)23-53/h10,12,15-18,25,27,29,31,33,35-36,38,42,44,53,55H,5-9,11,13-14,19-24H2,1-4H3,(H,50,57)(H,51,60)(H,52,58)/t27?,29?,31-,33-,35-,36-,38+,42+,44+,45-,46-,47+/m0/s1. The lowest BCUT2D eigenvalue weighted by atomic mass is 9.46. The number of aliphatic hydroxyl groups is 2. The van der Waals surface area contributed by atoms with Crippen molar-refractivity contribution in [3.8, 4) is 5.75 Å². The Balaban J connectivity index is 0.960. The normalized spacial score (nSPS) is 34.3. The molecule has 15 nitrogen and oxygen atoms in total. The first-order valence-corrected chi connectivity index (χ1v) is 23.7. The first-order valence-electron chi connectivity index (χ1n) is 22.6. The molecular weight excluding hydrogens is 897 g/mol. The van der Waals surface area contributed by atoms with Gasteiger partial charge in [-0.1, -0.05) is 55.3 Å². The van der Waals surface area contributed by atoms with E-state index in [4.69, 9.17) is 18.9 Å². The van der Waals surface area contributed by atoms with E-state index in [9.17, 15) is 39.0 Å². The largest absolute Gasteiger partial charge is 0.490 e. The molecule has 4 saturated carbocycles. The Kier molecular flexibility index (Phi) is 14.6. The number of ether oxygens (including phenoxy) is 4. The smallest absolute Gasteiger partial charge is 0.305 e. The zero-order valence-electron chi connectivity index (χ0n) is 36.9. The number of Topliss-reactive ketones (excluding diaryl/α,β-unsaturated/α-hetero) is 1. The molecule has 1 aromatic rings. The number of carbonyl (C=O) groups excluding carboxylic acids is 6. The highest BCUT2D eigenvalue weighted by molar-refractivity contribution is 9.09. The van der Waals surface area contributed by atoms with E-state index in [0.717, 1.165) is 12.0 Å². The highest BCUT2D eigenvalue weighted by atomic mass is 79.9. The van der Waals surface area contributed by atoms with Gasteiger partial charge in [0.15, 0.2) is 23.5 Å². The summed E-state index contributed by atoms with van der Waals surface area (Å²) in [7, 11) is 0. The molecule has 5 aliphatic carbocycles. The van der Waals surface area contributed by atoms with E-state index < -0.39 is 82.9 Å². The topological polar surface area (TPSA) is 216 Å². The van der Waals surface area contributed by atoms with E-state index in [1.807, 2.05) is 26.8 Å². The molecule has 1 aliphatic heterocycles. The van der Waals surface area contributed by atoms with Crippen LogP contribution in [-0.2, 0) is 43.0 Å². The van der Waals surface area contributed by atoms with Crippen LogP contribution in [0.1, 0.15) is 104 Å². The Morgan fingerprint density at radius 3 is 2.50 bits per heavy atom. The molecule has 1 aromatic carbocycles. The third-order valence-corrected chi connectivity index (χ3v) is 15.3. The summed E-state index contributed by atoms with van der Waals surface area (Å²) < 4.78 is 40.5. The number of hydrogen-bond donors (Lipinski definition) is 5. The molecule has 5 fully saturated rings. The molecule has 64 heavy (non-hydrogen) atoms. The van der Waals surface area contributed by atoms with Crippen molar-refractivity contribution in [3.05, 3.63) is 53.4 Å². The van der Waals surface area contributed by atoms with Gasteiger partial charge in [-0.05, 0) is 99.8 Å². The van der Waals surface area contributed by atoms with Crippen LogP contribution in [0, 0.1) is 40.3 Å². The van der Waals surface area contributed by atoms with Gasteiger partial charge >= 0.3 is 5.97 Å². The number of esters is 1. The van der Waals surface area contributed by atoms with Gasteiger partial charge < -0.3 is 45.1 Å². The van der Waals surface area contributed by atoms with Crippen molar-refractivity contribution in [2.24, 2.45) is 34.5 Å². The Bertz CT molecular complexity index is 2060. The quantitative estimate of drug-likeness (QED) is 0.116. The summed E-state index contributed by atoms with van der Waals surface area (Å²) in [4.78, 5) is 76.2. The van der Waals surface area contributed by atoms with Crippen LogP contribution in [0.3, 0.4) is 0 Å². The Morgan fingerprint density at radius 1 is 1.06 bits per heavy atom. The van der Waals surface area contributed by atoms with E-state index in [-0.39, 0.29) is 90.7 Å². The molecule has 1 heterocycles. The van der Waals surface area contributed by atoms with Crippen molar-refractivity contribution in [1.29, 1.82) is 0 Å². The number of carbonyl (C=O) groups is 6. The average Bonchev–Trinajstić information content (AvgIpc) is 3.76. The summed E-state index contributed by atoms with van der Waals surface area (Å²) in [5, 5.41) is 30.3. The summed E-state index contributed by atoms with van der Waals surface area (Å²) >= 11 is 3.02. The first-order chi connectivity index (χ1) is 30.4. The van der Waals surface area contributed by atoms with E-state index >= 15 is 4.39 Å². The minimum Gasteiger partial charge on any atom is -0.490 e. The molecule has 6 aliphatic rings. The van der Waals surface area contributed by atoms with E-state index in [1.54, 1.807) is 18.2 Å². The van der Waals surface area contributed by atoms with Crippen molar-refractivity contribution in [1.82, 2.24) is 16.0 Å². The molecule has 0 radical (unpaired) electrons. The predicted molar refractivity (Wildman–Crippen MR) is 232 cm³/mol. The number of allylic oxidation sites excluding steroid dienone is 4. The molecule has 10 atom stereocenters. The molecule has 350 valence electrons. The predicted octanol–water partition coefficient (Wildman–Crippen LogP) is 4.21. The summed E-state index contributed by atoms with van der Waals surface area (Å²) in [5.74, 6) is -3.11. The molecule has 5 N–H and O–H groups in total. The van der Waals surface area contributed by atoms with Gasteiger partial charge in [0, 0.05) is 40.8 Å². The Morgan fingerprint density at radius 2 is 1.81 bits per heavy atom. The van der Waals surface area contributed by atoms with Crippen molar-refractivity contribution >= 4 is 51.2 Å². The van der Waals surface area contributed by atoms with Gasteiger partial charge in [-0.15, -0.1) is 0 Å². The number of alkyl halides is 1. The molecule has 7 rings (SSSR count). The second kappa shape index (κ2) is 19.4. The fourth-order valence-corrected chi connectivity index (χ4v) is 11.9. The van der Waals surface area contributed by atoms with Crippen LogP contribution in [0.4, 0.5) is 4.39 Å². The maximum Gasteiger partial charge on any atom is 0.305 e. The molecule has 0 aromatic heterocycles. The lowest BCUT2D eigenvalue weighted by molar-refractivity contribution is -0.201. The number of aliphatic hydroxyl groups excluding tert-OH is 2. The molecular formula is C47H61BrFN3O12. The van der Waals surface area contributed by atoms with Gasteiger partial charge in [0.05, 0.1) is 36.8 Å². The van der Waals surface area contributed by atoms with Crippen molar-refractivity contribution in [2.45, 2.75) is 134 Å². The number of halogens is 2. The van der Waals surface area contributed by atoms with Crippen LogP contribution in [0.15, 0.2) is 42.0 Å². The molecule has 0 bridgehead atoms. The molecule has 1 saturated heterocycles. The maximum atomic E-state index is 16.1. The van der Waals surface area contributed by atoms with Crippen molar-refractivity contribution < 1.29 is 62.3 Å². The van der Waals surface area contributed by atoms with Gasteiger partial charge in [0.2, 0.25) is 17.7 Å². The van der Waals surface area contributed by atoms with Gasteiger partial charge in [0.25, 0.3) is 0 Å². The SMILES string of the molecule is CC(C)COC(=O)CC[C@H](NC(=O)CNC(=O)CBr)C(=O)NC1CCC(Oc2ccc([C@@H]3O[C@@H]4C[C@H]5[C@@H]6CCC7=CC(=O)C=C[C@]7(C)[C@H]6[C@@H](O)C[C@]5(C)[C@]4(C(=O)CO)O3)c(F)c2)CC1. The second-order valence-electron chi connectivity index (χ2n) is 19.3. The summed E-state index contributed by atoms with van der Waals surface area (Å²) in [6.07, 6.45) is 6.08. The number of rotatable bonds is 16. The van der Waals surface area contributed by atoms with Crippen LogP contribution in [-0.4, -0.2) is 107 Å². The van der Waals surface area contributed by atoms with Gasteiger partial charge in [-0.3, -0.25) is 28.8 Å². The molecule has 0 unspecified atom stereocenters. The maximum absolute atomic E-state index is 16.1. The van der Waals surface area contributed by atoms with Crippen LogP contribution in [0.5, 0.6) is 5.75 Å². The number of nitrogens with one attached hydrogen (secondary N) is 3. The summed E-state index contributed by atoms with van der Waals surface area (Å²) in [5.41, 5.74) is -1.98. The summed E-state index contributed by atoms with van der Waals surface area (Å²) in [6, 6.07) is 3.08.